The molecule has 1 aliphatic carbocycles. The number of aryl methyl sites for hydroxylation is 1. The van der Waals surface area contributed by atoms with Crippen molar-refractivity contribution in [3.63, 3.8) is 0 Å². The number of piperidine rings is 1. The number of fused-ring (bicyclic) bond motifs is 1. The number of Topliss-reactive ketones (excluding diaryl/α,β-unsaturated/α-hetero) is 1. The van der Waals surface area contributed by atoms with E-state index in [9.17, 15) is 9.90 Å². The first-order chi connectivity index (χ1) is 13.5. The van der Waals surface area contributed by atoms with Gasteiger partial charge in [0.1, 0.15) is 0 Å². The second-order valence-electron chi connectivity index (χ2n) is 8.87. The summed E-state index contributed by atoms with van der Waals surface area (Å²) < 4.78 is 0. The molecule has 3 nitrogen and oxygen atoms in total. The lowest BCUT2D eigenvalue weighted by Crippen LogP contribution is -2.45. The molecule has 1 N–H and O–H groups in total. The van der Waals surface area contributed by atoms with Crippen molar-refractivity contribution in [2.24, 2.45) is 5.92 Å². The standard InChI is InChI=1S/C25H31NO2/c1-18(2)19-9-11-22(12-10-19)25(28)13-15-26(16-14-25)17-21-8-7-20-5-3-4-6-23(20)24(21)27/h3-6,9-12,18,21,28H,7-8,13-17H2,1-2H3. The number of benzene rings is 2. The van der Waals surface area contributed by atoms with Crippen LogP contribution in [0.2, 0.25) is 0 Å². The number of hydrogen-bond acceptors (Lipinski definition) is 3. The molecule has 1 fully saturated rings. The number of carbonyl (C=O) groups is 1. The number of rotatable bonds is 4. The van der Waals surface area contributed by atoms with E-state index < -0.39 is 5.60 Å². The van der Waals surface area contributed by atoms with Gasteiger partial charge in [0.05, 0.1) is 5.60 Å². The molecule has 1 aliphatic heterocycles. The van der Waals surface area contributed by atoms with E-state index in [0.717, 1.165) is 56.4 Å². The number of hydrogen-bond donors (Lipinski definition) is 1. The predicted octanol–water partition coefficient (Wildman–Crippen LogP) is 4.54. The van der Waals surface area contributed by atoms with Gasteiger partial charge in [-0.2, -0.15) is 0 Å². The van der Waals surface area contributed by atoms with Crippen molar-refractivity contribution < 1.29 is 9.90 Å². The summed E-state index contributed by atoms with van der Waals surface area (Å²) in [5.74, 6) is 0.891. The lowest BCUT2D eigenvalue weighted by Gasteiger charge is -2.40. The summed E-state index contributed by atoms with van der Waals surface area (Å²) in [4.78, 5) is 15.2. The quantitative estimate of drug-likeness (QED) is 0.850. The molecule has 2 aliphatic rings. The summed E-state index contributed by atoms with van der Waals surface area (Å²) in [6.07, 6.45) is 3.39. The highest BCUT2D eigenvalue weighted by Gasteiger charge is 2.36. The van der Waals surface area contributed by atoms with E-state index in [0.29, 0.717) is 11.7 Å². The molecular formula is C25H31NO2. The zero-order valence-corrected chi connectivity index (χ0v) is 17.0. The summed E-state index contributed by atoms with van der Waals surface area (Å²) in [6.45, 7) is 6.87. The van der Waals surface area contributed by atoms with Crippen molar-refractivity contribution in [1.29, 1.82) is 0 Å². The van der Waals surface area contributed by atoms with E-state index in [2.05, 4.69) is 49.1 Å². The molecule has 0 radical (unpaired) electrons. The van der Waals surface area contributed by atoms with Crippen LogP contribution in [0.3, 0.4) is 0 Å². The number of likely N-dealkylation sites (tertiary alicyclic amines) is 1. The Kier molecular flexibility index (Phi) is 5.39. The second-order valence-corrected chi connectivity index (χ2v) is 8.87. The third kappa shape index (κ3) is 3.78. The van der Waals surface area contributed by atoms with Crippen molar-refractivity contribution in [1.82, 2.24) is 4.90 Å². The fraction of sp³-hybridized carbons (Fsp3) is 0.480. The molecule has 1 unspecified atom stereocenters. The van der Waals surface area contributed by atoms with Gasteiger partial charge in [-0.15, -0.1) is 0 Å². The average molecular weight is 378 g/mol. The van der Waals surface area contributed by atoms with E-state index in [1.165, 1.54) is 11.1 Å². The zero-order chi connectivity index (χ0) is 19.7. The van der Waals surface area contributed by atoms with Gasteiger partial charge < -0.3 is 10.0 Å². The highest BCUT2D eigenvalue weighted by molar-refractivity contribution is 6.00. The Balaban J connectivity index is 1.37. The number of ketones is 1. The van der Waals surface area contributed by atoms with Crippen LogP contribution in [-0.4, -0.2) is 35.4 Å². The van der Waals surface area contributed by atoms with E-state index in [1.807, 2.05) is 18.2 Å². The van der Waals surface area contributed by atoms with Gasteiger partial charge in [-0.05, 0) is 48.3 Å². The van der Waals surface area contributed by atoms with E-state index >= 15 is 0 Å². The third-order valence-electron chi connectivity index (χ3n) is 6.69. The first-order valence-corrected chi connectivity index (χ1v) is 10.6. The summed E-state index contributed by atoms with van der Waals surface area (Å²) in [7, 11) is 0. The minimum atomic E-state index is -0.741. The smallest absolute Gasteiger partial charge is 0.167 e. The Morgan fingerprint density at radius 3 is 2.43 bits per heavy atom. The van der Waals surface area contributed by atoms with Crippen LogP contribution in [-0.2, 0) is 12.0 Å². The molecule has 2 aromatic carbocycles. The maximum Gasteiger partial charge on any atom is 0.167 e. The Labute approximate surface area is 168 Å². The molecular weight excluding hydrogens is 346 g/mol. The van der Waals surface area contributed by atoms with Gasteiger partial charge in [0, 0.05) is 31.1 Å². The topological polar surface area (TPSA) is 40.5 Å². The van der Waals surface area contributed by atoms with Gasteiger partial charge in [-0.3, -0.25) is 4.79 Å². The largest absolute Gasteiger partial charge is 0.385 e. The fourth-order valence-corrected chi connectivity index (χ4v) is 4.72. The molecule has 0 spiro atoms. The van der Waals surface area contributed by atoms with Crippen LogP contribution in [0.25, 0.3) is 0 Å². The molecule has 0 aromatic heterocycles. The van der Waals surface area contributed by atoms with Crippen LogP contribution in [0, 0.1) is 5.92 Å². The molecule has 2 aromatic rings. The Bertz CT molecular complexity index is 832. The number of nitrogens with zero attached hydrogens (tertiary/aromatic N) is 1. The highest BCUT2D eigenvalue weighted by atomic mass is 16.3. The molecule has 0 saturated carbocycles. The number of aliphatic hydroxyl groups is 1. The lowest BCUT2D eigenvalue weighted by atomic mass is 9.81. The van der Waals surface area contributed by atoms with Crippen LogP contribution in [0.5, 0.6) is 0 Å². The van der Waals surface area contributed by atoms with Crippen LogP contribution in [0.15, 0.2) is 48.5 Å². The highest BCUT2D eigenvalue weighted by Crippen LogP contribution is 2.34. The third-order valence-corrected chi connectivity index (χ3v) is 6.69. The predicted molar refractivity (Wildman–Crippen MR) is 113 cm³/mol. The Morgan fingerprint density at radius 1 is 1.07 bits per heavy atom. The van der Waals surface area contributed by atoms with Gasteiger partial charge in [-0.1, -0.05) is 62.4 Å². The average Bonchev–Trinajstić information content (AvgIpc) is 2.72. The lowest BCUT2D eigenvalue weighted by molar-refractivity contribution is -0.0283. The molecule has 3 heteroatoms. The van der Waals surface area contributed by atoms with E-state index in [-0.39, 0.29) is 5.92 Å². The first-order valence-electron chi connectivity index (χ1n) is 10.6. The molecule has 1 heterocycles. The SMILES string of the molecule is CC(C)c1ccc(C2(O)CCN(CC3CCc4ccccc4C3=O)CC2)cc1. The molecule has 28 heavy (non-hydrogen) atoms. The minimum Gasteiger partial charge on any atom is -0.385 e. The van der Waals surface area contributed by atoms with Crippen LogP contribution in [0.1, 0.15) is 66.1 Å². The maximum absolute atomic E-state index is 12.9. The summed E-state index contributed by atoms with van der Waals surface area (Å²) in [5.41, 5.74) is 3.70. The normalized spacial score (nSPS) is 22.3. The first kappa shape index (κ1) is 19.4. The molecule has 0 amide bonds. The summed E-state index contributed by atoms with van der Waals surface area (Å²) >= 11 is 0. The summed E-state index contributed by atoms with van der Waals surface area (Å²) in [5, 5.41) is 11.2. The molecule has 148 valence electrons. The molecule has 4 rings (SSSR count). The van der Waals surface area contributed by atoms with Gasteiger partial charge in [-0.25, -0.2) is 0 Å². The van der Waals surface area contributed by atoms with Crippen LogP contribution >= 0.6 is 0 Å². The second kappa shape index (κ2) is 7.81. The summed E-state index contributed by atoms with van der Waals surface area (Å²) in [6, 6.07) is 16.5. The Hall–Kier alpha value is -1.97. The van der Waals surface area contributed by atoms with Crippen LogP contribution in [0.4, 0.5) is 0 Å². The molecule has 1 atom stereocenters. The fourth-order valence-electron chi connectivity index (χ4n) is 4.72. The van der Waals surface area contributed by atoms with Crippen molar-refractivity contribution in [3.8, 4) is 0 Å². The van der Waals surface area contributed by atoms with Gasteiger partial charge in [0.25, 0.3) is 0 Å². The van der Waals surface area contributed by atoms with E-state index in [1.54, 1.807) is 0 Å². The zero-order valence-electron chi connectivity index (χ0n) is 17.0. The Morgan fingerprint density at radius 2 is 1.75 bits per heavy atom. The van der Waals surface area contributed by atoms with Crippen molar-refractivity contribution in [3.05, 3.63) is 70.8 Å². The molecule has 0 bridgehead atoms. The van der Waals surface area contributed by atoms with Crippen LogP contribution < -0.4 is 0 Å². The van der Waals surface area contributed by atoms with Crippen molar-refractivity contribution in [2.45, 2.75) is 51.0 Å². The van der Waals surface area contributed by atoms with Crippen molar-refractivity contribution >= 4 is 5.78 Å². The van der Waals surface area contributed by atoms with Crippen molar-refractivity contribution in [2.75, 3.05) is 19.6 Å². The minimum absolute atomic E-state index is 0.0893. The van der Waals surface area contributed by atoms with Gasteiger partial charge in [0.15, 0.2) is 5.78 Å². The van der Waals surface area contributed by atoms with Gasteiger partial charge >= 0.3 is 0 Å². The van der Waals surface area contributed by atoms with E-state index in [4.69, 9.17) is 0 Å². The number of carbonyl (C=O) groups excluding carboxylic acids is 1. The maximum atomic E-state index is 12.9. The van der Waals surface area contributed by atoms with Gasteiger partial charge in [0.2, 0.25) is 0 Å². The monoisotopic (exact) mass is 377 g/mol. The molecule has 1 saturated heterocycles.